The number of aliphatic hydroxyl groups is 3. The van der Waals surface area contributed by atoms with Gasteiger partial charge in [-0.05, 0) is 12.1 Å². The minimum Gasteiger partial charge on any atom is -0.394 e. The van der Waals surface area contributed by atoms with Gasteiger partial charge in [0, 0.05) is 34.2 Å². The molecule has 12 heteroatoms. The zero-order valence-corrected chi connectivity index (χ0v) is 21.1. The second kappa shape index (κ2) is 8.84. The van der Waals surface area contributed by atoms with Crippen LogP contribution >= 0.6 is 0 Å². The van der Waals surface area contributed by atoms with Crippen molar-refractivity contribution < 1.29 is 39.2 Å². The highest BCUT2D eigenvalue weighted by atomic mass is 16.6. The van der Waals surface area contributed by atoms with Crippen LogP contribution in [-0.2, 0) is 14.3 Å². The van der Waals surface area contributed by atoms with E-state index in [0.29, 0.717) is 48.6 Å². The quantitative estimate of drug-likeness (QED) is 0.163. The van der Waals surface area contributed by atoms with E-state index in [4.69, 9.17) is 9.47 Å². The van der Waals surface area contributed by atoms with Gasteiger partial charge in [0.1, 0.15) is 24.4 Å². The Morgan fingerprint density at radius 2 is 1.68 bits per heavy atom. The molecule has 2 aliphatic rings. The number of carbonyl (C=O) groups excluding carboxylic acids is 3. The van der Waals surface area contributed by atoms with Gasteiger partial charge in [0.2, 0.25) is 6.41 Å². The van der Waals surface area contributed by atoms with Crippen molar-refractivity contribution in [3.8, 4) is 0 Å². The summed E-state index contributed by atoms with van der Waals surface area (Å²) in [7, 11) is 1.35. The molecule has 4 heterocycles. The van der Waals surface area contributed by atoms with Gasteiger partial charge in [-0.25, -0.2) is 0 Å². The number of H-pyrrole nitrogens is 1. The van der Waals surface area contributed by atoms with Gasteiger partial charge >= 0.3 is 0 Å². The molecule has 1 fully saturated rings. The standard InChI is InChI=1S/C28H24N4O8/c1-39-25-16(10-33)40-28(24(36)23(25)35)31-15-9-5-3-7-13(15)18-20-19(26(37)32(27(20)38)29-11-34)17-12-6-2-4-8-14(12)30-21(17)22(18)31/h2-9,11,16,23-25,28,30,33,35-36H,10H2,1H3,(H,29,34)/t16-,23-,24-,25-,28-/m1/s1. The summed E-state index contributed by atoms with van der Waals surface area (Å²) < 4.78 is 13.2. The molecule has 0 spiro atoms. The average Bonchev–Trinajstić information content (AvgIpc) is 3.59. The molecule has 12 nitrogen and oxygen atoms in total. The first-order valence-corrected chi connectivity index (χ1v) is 12.7. The number of fused-ring (bicyclic) bond motifs is 10. The highest BCUT2D eigenvalue weighted by molar-refractivity contribution is 6.39. The second-order valence-electron chi connectivity index (χ2n) is 9.90. The van der Waals surface area contributed by atoms with E-state index >= 15 is 0 Å². The van der Waals surface area contributed by atoms with Crippen LogP contribution in [0, 0.1) is 0 Å². The number of ether oxygens (including phenoxy) is 2. The zero-order chi connectivity index (χ0) is 27.9. The number of aliphatic hydroxyl groups excluding tert-OH is 3. The van der Waals surface area contributed by atoms with Crippen molar-refractivity contribution in [3.05, 3.63) is 59.7 Å². The van der Waals surface area contributed by atoms with E-state index in [1.807, 2.05) is 24.3 Å². The van der Waals surface area contributed by atoms with Crippen LogP contribution in [0.25, 0.3) is 43.6 Å². The Labute approximate surface area is 225 Å². The molecule has 5 N–H and O–H groups in total. The monoisotopic (exact) mass is 544 g/mol. The summed E-state index contributed by atoms with van der Waals surface area (Å²) in [6, 6.07) is 14.4. The van der Waals surface area contributed by atoms with E-state index in [9.17, 15) is 29.7 Å². The molecule has 1 saturated heterocycles. The molecule has 0 radical (unpaired) electrons. The SMILES string of the molecule is CO[C@H]1[C@H](O)[C@@H](O)[C@H](n2c3ccccc3c3c4c(c5c6ccccc6[nH]c5c32)C(=O)N(NC=O)C4=O)O[C@@H]1CO. The number of aromatic nitrogens is 2. The Balaban J connectivity index is 1.66. The molecule has 7 rings (SSSR count). The first-order valence-electron chi connectivity index (χ1n) is 12.7. The fourth-order valence-corrected chi connectivity index (χ4v) is 6.34. The molecule has 204 valence electrons. The summed E-state index contributed by atoms with van der Waals surface area (Å²) in [6.07, 6.45) is -5.77. The third kappa shape index (κ3) is 3.04. The topological polar surface area (TPSA) is 166 Å². The average molecular weight is 545 g/mol. The van der Waals surface area contributed by atoms with E-state index in [2.05, 4.69) is 10.4 Å². The maximum absolute atomic E-state index is 13.7. The summed E-state index contributed by atoms with van der Waals surface area (Å²) in [5.41, 5.74) is 4.65. The van der Waals surface area contributed by atoms with Crippen molar-refractivity contribution in [1.29, 1.82) is 0 Å². The first-order chi connectivity index (χ1) is 19.4. The fraction of sp³-hybridized carbons (Fsp3) is 0.250. The predicted octanol–water partition coefficient (Wildman–Crippen LogP) is 1.31. The number of nitrogens with one attached hydrogen (secondary N) is 2. The number of amides is 3. The Hall–Kier alpha value is -4.33. The second-order valence-corrected chi connectivity index (χ2v) is 9.90. The molecule has 0 saturated carbocycles. The number of nitrogens with zero attached hydrogens (tertiary/aromatic N) is 2. The van der Waals surface area contributed by atoms with Gasteiger partial charge in [0.15, 0.2) is 6.23 Å². The van der Waals surface area contributed by atoms with Crippen LogP contribution in [0.2, 0.25) is 0 Å². The maximum atomic E-state index is 13.7. The van der Waals surface area contributed by atoms with Crippen molar-refractivity contribution in [1.82, 2.24) is 20.0 Å². The van der Waals surface area contributed by atoms with Crippen LogP contribution < -0.4 is 5.43 Å². The molecule has 0 bridgehead atoms. The van der Waals surface area contributed by atoms with E-state index in [0.717, 1.165) is 0 Å². The minimum atomic E-state index is -1.48. The first kappa shape index (κ1) is 24.7. The van der Waals surface area contributed by atoms with Gasteiger partial charge in [-0.1, -0.05) is 36.4 Å². The van der Waals surface area contributed by atoms with Gasteiger partial charge in [-0.2, -0.15) is 5.01 Å². The summed E-state index contributed by atoms with van der Waals surface area (Å²) in [4.78, 5) is 42.0. The number of hydrazine groups is 1. The Morgan fingerprint density at radius 3 is 2.38 bits per heavy atom. The molecule has 5 atom stereocenters. The van der Waals surface area contributed by atoms with Crippen molar-refractivity contribution in [2.45, 2.75) is 30.6 Å². The minimum absolute atomic E-state index is 0.0980. The molecular weight excluding hydrogens is 520 g/mol. The smallest absolute Gasteiger partial charge is 0.281 e. The number of hydrogen-bond acceptors (Lipinski definition) is 8. The third-order valence-electron chi connectivity index (χ3n) is 7.99. The highest BCUT2D eigenvalue weighted by Crippen LogP contribution is 2.47. The van der Waals surface area contributed by atoms with Gasteiger partial charge in [0.25, 0.3) is 11.8 Å². The van der Waals surface area contributed by atoms with Crippen LogP contribution in [-0.4, -0.2) is 86.2 Å². The maximum Gasteiger partial charge on any atom is 0.281 e. The summed E-state index contributed by atoms with van der Waals surface area (Å²) >= 11 is 0. The Morgan fingerprint density at radius 1 is 1.00 bits per heavy atom. The largest absolute Gasteiger partial charge is 0.394 e. The number of carbonyl (C=O) groups is 3. The van der Waals surface area contributed by atoms with Crippen LogP contribution in [0.1, 0.15) is 26.9 Å². The number of rotatable bonds is 5. The molecular formula is C28H24N4O8. The number of hydrogen-bond donors (Lipinski definition) is 5. The van der Waals surface area contributed by atoms with Crippen LogP contribution in [0.5, 0.6) is 0 Å². The number of methoxy groups -OCH3 is 1. The normalized spacial score (nSPS) is 25.0. The van der Waals surface area contributed by atoms with Crippen molar-refractivity contribution in [2.24, 2.45) is 0 Å². The number of aromatic amines is 1. The molecule has 5 aromatic rings. The lowest BCUT2D eigenvalue weighted by Gasteiger charge is -2.42. The number of para-hydroxylation sites is 2. The van der Waals surface area contributed by atoms with E-state index in [-0.39, 0.29) is 17.5 Å². The lowest BCUT2D eigenvalue weighted by molar-refractivity contribution is -0.255. The van der Waals surface area contributed by atoms with Gasteiger partial charge in [-0.3, -0.25) is 19.8 Å². The van der Waals surface area contributed by atoms with Gasteiger partial charge < -0.3 is 34.3 Å². The lowest BCUT2D eigenvalue weighted by Crippen LogP contribution is -2.57. The summed E-state index contributed by atoms with van der Waals surface area (Å²) in [6.45, 7) is -0.480. The van der Waals surface area contributed by atoms with Crippen molar-refractivity contribution in [2.75, 3.05) is 13.7 Å². The molecule has 40 heavy (non-hydrogen) atoms. The summed E-state index contributed by atoms with van der Waals surface area (Å²) in [5, 5.41) is 35.2. The van der Waals surface area contributed by atoms with Crippen LogP contribution in [0.15, 0.2) is 48.5 Å². The van der Waals surface area contributed by atoms with E-state index in [1.54, 1.807) is 28.8 Å². The molecule has 0 aliphatic carbocycles. The molecule has 3 aromatic carbocycles. The Kier molecular flexibility index (Phi) is 5.46. The fourth-order valence-electron chi connectivity index (χ4n) is 6.34. The number of benzene rings is 3. The van der Waals surface area contributed by atoms with E-state index in [1.165, 1.54) is 7.11 Å². The molecule has 2 aliphatic heterocycles. The Bertz CT molecular complexity index is 1870. The predicted molar refractivity (Wildman–Crippen MR) is 142 cm³/mol. The van der Waals surface area contributed by atoms with E-state index < -0.39 is 49.1 Å². The van der Waals surface area contributed by atoms with Crippen molar-refractivity contribution >= 4 is 61.8 Å². The van der Waals surface area contributed by atoms with Crippen molar-refractivity contribution in [3.63, 3.8) is 0 Å². The molecule has 2 aromatic heterocycles. The number of imide groups is 1. The van der Waals surface area contributed by atoms with Gasteiger partial charge in [0.05, 0.1) is 34.3 Å². The molecule has 0 unspecified atom stereocenters. The van der Waals surface area contributed by atoms with Gasteiger partial charge in [-0.15, -0.1) is 0 Å². The zero-order valence-electron chi connectivity index (χ0n) is 21.1. The summed E-state index contributed by atoms with van der Waals surface area (Å²) in [5.74, 6) is -1.38. The third-order valence-corrected chi connectivity index (χ3v) is 7.99. The molecule has 3 amide bonds. The highest BCUT2D eigenvalue weighted by Gasteiger charge is 2.47. The van der Waals surface area contributed by atoms with Crippen LogP contribution in [0.4, 0.5) is 0 Å². The van der Waals surface area contributed by atoms with Crippen LogP contribution in [0.3, 0.4) is 0 Å². The lowest BCUT2D eigenvalue weighted by atomic mass is 9.96.